The largest absolute Gasteiger partial charge is 0.357 e. The van der Waals surface area contributed by atoms with Crippen LogP contribution in [0, 0.1) is 11.6 Å². The van der Waals surface area contributed by atoms with E-state index in [0.717, 1.165) is 11.8 Å². The summed E-state index contributed by atoms with van der Waals surface area (Å²) in [5, 5.41) is 7.27. The summed E-state index contributed by atoms with van der Waals surface area (Å²) in [6.45, 7) is 4.20. The summed E-state index contributed by atoms with van der Waals surface area (Å²) in [5.41, 5.74) is 1.06. The predicted molar refractivity (Wildman–Crippen MR) is 119 cm³/mol. The molecule has 2 aromatic rings. The number of hydrogen-bond acceptors (Lipinski definition) is 3. The first kappa shape index (κ1) is 23.0. The van der Waals surface area contributed by atoms with Gasteiger partial charge in [-0.15, -0.1) is 24.0 Å². The van der Waals surface area contributed by atoms with Crippen LogP contribution in [0.3, 0.4) is 0 Å². The smallest absolute Gasteiger partial charge is 0.246 e. The van der Waals surface area contributed by atoms with Crippen LogP contribution in [0.5, 0.6) is 0 Å². The summed E-state index contributed by atoms with van der Waals surface area (Å²) < 4.78 is 28.8. The number of piperazine rings is 1. The molecule has 10 heteroatoms. The molecule has 1 aromatic heterocycles. The maximum absolute atomic E-state index is 13.8. The van der Waals surface area contributed by atoms with Crippen LogP contribution >= 0.6 is 24.0 Å². The molecule has 158 valence electrons. The molecule has 1 aliphatic heterocycles. The van der Waals surface area contributed by atoms with Crippen molar-refractivity contribution < 1.29 is 13.6 Å². The number of aliphatic imine (C=N–C) groups is 1. The molecule has 1 N–H and O–H groups in total. The van der Waals surface area contributed by atoms with Gasteiger partial charge in [-0.2, -0.15) is 5.10 Å². The fraction of sp³-hybridized carbons (Fsp3) is 0.421. The minimum Gasteiger partial charge on any atom is -0.357 e. The molecule has 29 heavy (non-hydrogen) atoms. The number of aromatic nitrogens is 2. The van der Waals surface area contributed by atoms with E-state index in [1.807, 2.05) is 18.9 Å². The Kier molecular flexibility index (Phi) is 8.35. The number of rotatable bonds is 5. The van der Waals surface area contributed by atoms with E-state index in [9.17, 15) is 13.6 Å². The molecular weight excluding hydrogens is 493 g/mol. The number of benzene rings is 1. The third kappa shape index (κ3) is 5.64. The fourth-order valence-corrected chi connectivity index (χ4v) is 3.12. The normalized spacial score (nSPS) is 14.8. The van der Waals surface area contributed by atoms with Gasteiger partial charge < -0.3 is 15.1 Å². The van der Waals surface area contributed by atoms with Gasteiger partial charge in [0.15, 0.2) is 17.6 Å². The third-order valence-corrected chi connectivity index (χ3v) is 4.53. The minimum absolute atomic E-state index is 0. The van der Waals surface area contributed by atoms with E-state index in [-0.39, 0.29) is 48.4 Å². The summed E-state index contributed by atoms with van der Waals surface area (Å²) in [6.07, 6.45) is 3.75. The monoisotopic (exact) mass is 518 g/mol. The van der Waals surface area contributed by atoms with Crippen LogP contribution in [0.15, 0.2) is 35.6 Å². The first-order valence-corrected chi connectivity index (χ1v) is 9.24. The number of carbonyl (C=O) groups is 1. The maximum atomic E-state index is 13.8. The van der Waals surface area contributed by atoms with Crippen LogP contribution in [0.25, 0.3) is 0 Å². The lowest BCUT2D eigenvalue weighted by atomic mass is 10.1. The van der Waals surface area contributed by atoms with Crippen LogP contribution in [0.4, 0.5) is 14.5 Å². The second-order valence-corrected chi connectivity index (χ2v) is 6.54. The van der Waals surface area contributed by atoms with Gasteiger partial charge in [-0.25, -0.2) is 8.78 Å². The molecular formula is C19H25F2IN6O. The van der Waals surface area contributed by atoms with Crippen LogP contribution in [-0.4, -0.2) is 59.3 Å². The van der Waals surface area contributed by atoms with Gasteiger partial charge in [-0.1, -0.05) is 12.1 Å². The lowest BCUT2D eigenvalue weighted by Crippen LogP contribution is -2.55. The number of nitrogens with one attached hydrogen (secondary N) is 1. The van der Waals surface area contributed by atoms with Crippen molar-refractivity contribution in [2.24, 2.45) is 12.0 Å². The molecule has 2 heterocycles. The quantitative estimate of drug-likeness (QED) is 0.375. The summed E-state index contributed by atoms with van der Waals surface area (Å²) in [4.78, 5) is 20.6. The average molecular weight is 518 g/mol. The molecule has 1 fully saturated rings. The van der Waals surface area contributed by atoms with Crippen molar-refractivity contribution in [2.45, 2.75) is 13.3 Å². The van der Waals surface area contributed by atoms with Crippen molar-refractivity contribution in [2.75, 3.05) is 37.6 Å². The zero-order valence-corrected chi connectivity index (χ0v) is 18.8. The highest BCUT2D eigenvalue weighted by Crippen LogP contribution is 2.16. The zero-order chi connectivity index (χ0) is 20.1. The van der Waals surface area contributed by atoms with Crippen molar-refractivity contribution >= 4 is 41.5 Å². The van der Waals surface area contributed by atoms with E-state index in [4.69, 9.17) is 0 Å². The lowest BCUT2D eigenvalue weighted by molar-refractivity contribution is -0.120. The van der Waals surface area contributed by atoms with Crippen LogP contribution in [0.2, 0.25) is 0 Å². The van der Waals surface area contributed by atoms with Gasteiger partial charge in [-0.05, 0) is 25.0 Å². The van der Waals surface area contributed by atoms with E-state index in [2.05, 4.69) is 15.4 Å². The second kappa shape index (κ2) is 10.5. The van der Waals surface area contributed by atoms with Crippen LogP contribution in [0.1, 0.15) is 12.5 Å². The molecule has 1 aliphatic rings. The van der Waals surface area contributed by atoms with Gasteiger partial charge in [0.1, 0.15) is 6.54 Å². The summed E-state index contributed by atoms with van der Waals surface area (Å²) in [5.74, 6) is -1.13. The van der Waals surface area contributed by atoms with E-state index >= 15 is 0 Å². The highest BCUT2D eigenvalue weighted by molar-refractivity contribution is 14.0. The molecule has 0 unspecified atom stereocenters. The van der Waals surface area contributed by atoms with Gasteiger partial charge >= 0.3 is 0 Å². The first-order chi connectivity index (χ1) is 13.5. The number of amides is 1. The standard InChI is InChI=1S/C19H24F2N6O.HI/c1-3-22-19(23-8-7-14-5-4-6-16(20)18(14)21)26-9-10-27(17(28)13-26)15-11-24-25(2)12-15;/h4-6,11-12H,3,7-10,13H2,1-2H3,(H,22,23);1H. The Morgan fingerprint density at radius 2 is 2.10 bits per heavy atom. The van der Waals surface area contributed by atoms with Crippen molar-refractivity contribution in [3.8, 4) is 0 Å². The van der Waals surface area contributed by atoms with Crippen molar-refractivity contribution in [3.63, 3.8) is 0 Å². The minimum atomic E-state index is -0.856. The van der Waals surface area contributed by atoms with Gasteiger partial charge in [0.25, 0.3) is 0 Å². The van der Waals surface area contributed by atoms with Crippen molar-refractivity contribution in [3.05, 3.63) is 47.8 Å². The molecule has 1 aromatic carbocycles. The highest BCUT2D eigenvalue weighted by atomic mass is 127. The number of aryl methyl sites for hydroxylation is 1. The third-order valence-electron chi connectivity index (χ3n) is 4.53. The molecule has 0 saturated carbocycles. The number of carbonyl (C=O) groups excluding carboxylic acids is 1. The summed E-state index contributed by atoms with van der Waals surface area (Å²) in [7, 11) is 1.81. The molecule has 0 radical (unpaired) electrons. The average Bonchev–Trinajstić information content (AvgIpc) is 3.10. The Labute approximate surface area is 185 Å². The van der Waals surface area contributed by atoms with Gasteiger partial charge in [0, 0.05) is 39.4 Å². The molecule has 3 rings (SSSR count). The van der Waals surface area contributed by atoms with E-state index in [1.165, 1.54) is 6.07 Å². The Hall–Kier alpha value is -2.24. The predicted octanol–water partition coefficient (Wildman–Crippen LogP) is 2.17. The molecule has 0 spiro atoms. The van der Waals surface area contributed by atoms with E-state index < -0.39 is 11.6 Å². The SMILES string of the molecule is CCNC(=NCCc1cccc(F)c1F)N1CCN(c2cnn(C)c2)C(=O)C1.I. The fourth-order valence-electron chi connectivity index (χ4n) is 3.12. The summed E-state index contributed by atoms with van der Waals surface area (Å²) >= 11 is 0. The van der Waals surface area contributed by atoms with Gasteiger partial charge in [-0.3, -0.25) is 14.5 Å². The van der Waals surface area contributed by atoms with Gasteiger partial charge in [0.05, 0.1) is 11.9 Å². The lowest BCUT2D eigenvalue weighted by Gasteiger charge is -2.35. The highest BCUT2D eigenvalue weighted by Gasteiger charge is 2.27. The number of guanidine groups is 1. The molecule has 0 bridgehead atoms. The Bertz CT molecular complexity index is 872. The Morgan fingerprint density at radius 3 is 2.76 bits per heavy atom. The molecule has 7 nitrogen and oxygen atoms in total. The first-order valence-electron chi connectivity index (χ1n) is 9.24. The molecule has 1 amide bonds. The second-order valence-electron chi connectivity index (χ2n) is 6.54. The topological polar surface area (TPSA) is 65.8 Å². The van der Waals surface area contributed by atoms with Crippen molar-refractivity contribution in [1.82, 2.24) is 20.0 Å². The number of hydrogen-bond donors (Lipinski definition) is 1. The Balaban J connectivity index is 0.00000300. The van der Waals surface area contributed by atoms with Gasteiger partial charge in [0.2, 0.25) is 5.91 Å². The molecule has 1 saturated heterocycles. The molecule has 0 aliphatic carbocycles. The number of anilines is 1. The Morgan fingerprint density at radius 1 is 1.31 bits per heavy atom. The van der Waals surface area contributed by atoms with E-state index in [0.29, 0.717) is 32.1 Å². The summed E-state index contributed by atoms with van der Waals surface area (Å²) in [6, 6.07) is 4.13. The maximum Gasteiger partial charge on any atom is 0.246 e. The van der Waals surface area contributed by atoms with Crippen LogP contribution < -0.4 is 10.2 Å². The van der Waals surface area contributed by atoms with Crippen LogP contribution in [-0.2, 0) is 18.3 Å². The van der Waals surface area contributed by atoms with E-state index in [1.54, 1.807) is 28.0 Å². The number of halogens is 3. The molecule has 0 atom stereocenters. The zero-order valence-electron chi connectivity index (χ0n) is 16.4. The number of nitrogens with zero attached hydrogens (tertiary/aromatic N) is 5. The van der Waals surface area contributed by atoms with Crippen molar-refractivity contribution in [1.29, 1.82) is 0 Å².